The lowest BCUT2D eigenvalue weighted by Gasteiger charge is -2.36. The van der Waals surface area contributed by atoms with Crippen molar-refractivity contribution in [2.24, 2.45) is 0 Å². The second-order valence-electron chi connectivity index (χ2n) is 6.32. The van der Waals surface area contributed by atoms with Crippen LogP contribution in [-0.4, -0.2) is 25.1 Å². The van der Waals surface area contributed by atoms with E-state index in [4.69, 9.17) is 4.74 Å². The molecule has 2 unspecified atom stereocenters. The van der Waals surface area contributed by atoms with Crippen molar-refractivity contribution in [2.45, 2.75) is 63.2 Å². The minimum atomic E-state index is -6.36. The highest BCUT2D eigenvalue weighted by atomic mass is 19.4. The van der Waals surface area contributed by atoms with Gasteiger partial charge in [-0.05, 0) is 30.4 Å². The van der Waals surface area contributed by atoms with Crippen molar-refractivity contribution < 1.29 is 35.5 Å². The summed E-state index contributed by atoms with van der Waals surface area (Å²) in [6, 6.07) is 6.07. The second kappa shape index (κ2) is 7.13. The Hall–Kier alpha value is -1.31. The number of alkyl halides is 7. The molecule has 0 spiro atoms. The summed E-state index contributed by atoms with van der Waals surface area (Å²) in [6.07, 6.45) is -7.34. The normalized spacial score (nSPS) is 17.2. The lowest BCUT2D eigenvalue weighted by atomic mass is 9.85. The Morgan fingerprint density at radius 2 is 1.44 bits per heavy atom. The van der Waals surface area contributed by atoms with E-state index in [0.717, 1.165) is 26.0 Å². The topological polar surface area (TPSA) is 9.23 Å². The van der Waals surface area contributed by atoms with Crippen LogP contribution in [0.4, 0.5) is 30.7 Å². The Balaban J connectivity index is 3.18. The van der Waals surface area contributed by atoms with Crippen LogP contribution in [0.25, 0.3) is 0 Å². The molecule has 0 bridgehead atoms. The molecule has 0 heterocycles. The number of ether oxygens (including phenoxy) is 1. The zero-order chi connectivity index (χ0) is 19.7. The second-order valence-corrected chi connectivity index (χ2v) is 6.32. The molecule has 0 aliphatic rings. The zero-order valence-electron chi connectivity index (χ0n) is 14.4. The minimum Gasteiger partial charge on any atom is -0.374 e. The van der Waals surface area contributed by atoms with Gasteiger partial charge in [0.2, 0.25) is 0 Å². The van der Waals surface area contributed by atoms with E-state index in [-0.39, 0.29) is 11.5 Å². The molecule has 1 nitrogen and oxygen atoms in total. The van der Waals surface area contributed by atoms with Crippen LogP contribution < -0.4 is 0 Å². The van der Waals surface area contributed by atoms with Crippen LogP contribution >= 0.6 is 0 Å². The fourth-order valence-electron chi connectivity index (χ4n) is 2.43. The van der Waals surface area contributed by atoms with Crippen LogP contribution in [0.5, 0.6) is 0 Å². The van der Waals surface area contributed by atoms with Crippen molar-refractivity contribution in [2.75, 3.05) is 7.11 Å². The molecule has 0 saturated carbocycles. The van der Waals surface area contributed by atoms with Crippen molar-refractivity contribution in [3.63, 3.8) is 0 Å². The summed E-state index contributed by atoms with van der Waals surface area (Å²) in [5, 5.41) is 0. The van der Waals surface area contributed by atoms with Gasteiger partial charge in [-0.1, -0.05) is 38.1 Å². The average molecular weight is 374 g/mol. The van der Waals surface area contributed by atoms with E-state index in [1.165, 1.54) is 12.1 Å². The fourth-order valence-corrected chi connectivity index (χ4v) is 2.43. The van der Waals surface area contributed by atoms with Gasteiger partial charge < -0.3 is 4.74 Å². The molecule has 25 heavy (non-hydrogen) atoms. The number of rotatable bonds is 7. The number of hydrogen-bond donors (Lipinski definition) is 0. The van der Waals surface area contributed by atoms with Crippen molar-refractivity contribution in [3.8, 4) is 0 Å². The highest BCUT2D eigenvalue weighted by Gasteiger charge is 2.73. The van der Waals surface area contributed by atoms with E-state index in [0.29, 0.717) is 0 Å². The first-order valence-corrected chi connectivity index (χ1v) is 7.70. The van der Waals surface area contributed by atoms with Crippen LogP contribution in [-0.2, 0) is 10.3 Å². The van der Waals surface area contributed by atoms with Gasteiger partial charge in [0, 0.05) is 7.11 Å². The SMILES string of the molecule is CCC(C)c1ccc(C(C)(CC(F)(F)C(F)(F)C(F)(F)F)OC)cc1. The van der Waals surface area contributed by atoms with E-state index < -0.39 is 30.0 Å². The molecular weight excluding hydrogens is 353 g/mol. The Bertz CT molecular complexity index is 565. The predicted molar refractivity (Wildman–Crippen MR) is 80.1 cm³/mol. The van der Waals surface area contributed by atoms with Crippen molar-refractivity contribution in [1.82, 2.24) is 0 Å². The highest BCUT2D eigenvalue weighted by molar-refractivity contribution is 5.29. The maximum Gasteiger partial charge on any atom is 0.459 e. The largest absolute Gasteiger partial charge is 0.459 e. The van der Waals surface area contributed by atoms with Crippen LogP contribution in [0.2, 0.25) is 0 Å². The minimum absolute atomic E-state index is 0.0969. The van der Waals surface area contributed by atoms with Crippen LogP contribution in [0.15, 0.2) is 24.3 Å². The molecule has 0 radical (unpaired) electrons. The monoisotopic (exact) mass is 374 g/mol. The smallest absolute Gasteiger partial charge is 0.374 e. The summed E-state index contributed by atoms with van der Waals surface area (Å²) in [6.45, 7) is 4.96. The molecule has 0 aliphatic heterocycles. The molecule has 0 aromatic heterocycles. The third-order valence-electron chi connectivity index (χ3n) is 4.53. The van der Waals surface area contributed by atoms with Gasteiger partial charge >= 0.3 is 18.0 Å². The number of halogens is 7. The molecule has 2 atom stereocenters. The van der Waals surface area contributed by atoms with Gasteiger partial charge in [0.15, 0.2) is 0 Å². The van der Waals surface area contributed by atoms with Crippen LogP contribution in [0, 0.1) is 0 Å². The molecule has 0 aliphatic carbocycles. The van der Waals surface area contributed by atoms with Gasteiger partial charge in [0.05, 0.1) is 12.0 Å². The average Bonchev–Trinajstić information content (AvgIpc) is 2.52. The third-order valence-corrected chi connectivity index (χ3v) is 4.53. The molecule has 8 heteroatoms. The third kappa shape index (κ3) is 4.27. The van der Waals surface area contributed by atoms with E-state index >= 15 is 0 Å². The van der Waals surface area contributed by atoms with Gasteiger partial charge in [-0.2, -0.15) is 30.7 Å². The summed E-state index contributed by atoms with van der Waals surface area (Å²) in [7, 11) is 0.990. The first-order valence-electron chi connectivity index (χ1n) is 7.70. The molecule has 0 amide bonds. The quantitative estimate of drug-likeness (QED) is 0.510. The van der Waals surface area contributed by atoms with Crippen molar-refractivity contribution in [3.05, 3.63) is 35.4 Å². The number of methoxy groups -OCH3 is 1. The summed E-state index contributed by atoms with van der Waals surface area (Å²) in [5.41, 5.74) is -1.01. The van der Waals surface area contributed by atoms with Gasteiger partial charge in [0.25, 0.3) is 0 Å². The molecule has 0 fully saturated rings. The van der Waals surface area contributed by atoms with Gasteiger partial charge in [0.1, 0.15) is 0 Å². The lowest BCUT2D eigenvalue weighted by molar-refractivity contribution is -0.361. The van der Waals surface area contributed by atoms with Crippen molar-refractivity contribution in [1.29, 1.82) is 0 Å². The zero-order valence-corrected chi connectivity index (χ0v) is 14.4. The molecule has 144 valence electrons. The highest BCUT2D eigenvalue weighted by Crippen LogP contribution is 2.51. The van der Waals surface area contributed by atoms with Gasteiger partial charge in [-0.25, -0.2) is 0 Å². The van der Waals surface area contributed by atoms with Gasteiger partial charge in [-0.15, -0.1) is 0 Å². The molecule has 1 aromatic carbocycles. The molecule has 0 N–H and O–H groups in total. The first-order chi connectivity index (χ1) is 11.2. The number of hydrogen-bond acceptors (Lipinski definition) is 1. The maximum atomic E-state index is 13.8. The lowest BCUT2D eigenvalue weighted by Crippen LogP contribution is -2.54. The van der Waals surface area contributed by atoms with E-state index in [9.17, 15) is 30.7 Å². The summed E-state index contributed by atoms with van der Waals surface area (Å²) >= 11 is 0. The van der Waals surface area contributed by atoms with Gasteiger partial charge in [-0.3, -0.25) is 0 Å². The van der Waals surface area contributed by atoms with Crippen molar-refractivity contribution >= 4 is 0 Å². The summed E-state index contributed by atoms with van der Waals surface area (Å²) in [5.74, 6) is -11.3. The maximum absolute atomic E-state index is 13.8. The first kappa shape index (κ1) is 21.7. The Labute approximate surface area is 142 Å². The van der Waals surface area contributed by atoms with E-state index in [1.807, 2.05) is 13.8 Å². The molecule has 1 aromatic rings. The molecule has 0 saturated heterocycles. The Kier molecular flexibility index (Phi) is 6.20. The predicted octanol–water partition coefficient (Wildman–Crippen LogP) is 6.28. The standard InChI is InChI=1S/C17H21F7O/c1-5-11(2)12-6-8-13(9-7-12)14(3,25-4)10-15(18,19)16(20,21)17(22,23)24/h6-9,11H,5,10H2,1-4H3. The summed E-state index contributed by atoms with van der Waals surface area (Å²) < 4.78 is 95.8. The van der Waals surface area contributed by atoms with E-state index in [2.05, 4.69) is 0 Å². The Morgan fingerprint density at radius 3 is 1.80 bits per heavy atom. The van der Waals surface area contributed by atoms with Crippen LogP contribution in [0.3, 0.4) is 0 Å². The summed E-state index contributed by atoms with van der Waals surface area (Å²) in [4.78, 5) is 0. The fraction of sp³-hybridized carbons (Fsp3) is 0.647. The molecule has 1 rings (SSSR count). The Morgan fingerprint density at radius 1 is 0.960 bits per heavy atom. The molecular formula is C17H21F7O. The number of benzene rings is 1. The van der Waals surface area contributed by atoms with Crippen LogP contribution in [0.1, 0.15) is 50.7 Å². The van der Waals surface area contributed by atoms with E-state index in [1.54, 1.807) is 12.1 Å².